The molecule has 1 aromatic rings. The molecule has 0 saturated heterocycles. The molecule has 0 aliphatic heterocycles. The molecule has 19 heavy (non-hydrogen) atoms. The van der Waals surface area contributed by atoms with E-state index in [-0.39, 0.29) is 0 Å². The highest BCUT2D eigenvalue weighted by molar-refractivity contribution is 9.10. The van der Waals surface area contributed by atoms with Crippen molar-refractivity contribution in [2.24, 2.45) is 0 Å². The lowest BCUT2D eigenvalue weighted by Gasteiger charge is -2.19. The van der Waals surface area contributed by atoms with Crippen molar-refractivity contribution in [2.45, 2.75) is 26.4 Å². The summed E-state index contributed by atoms with van der Waals surface area (Å²) in [6, 6.07) is 1.85. The fourth-order valence-corrected chi connectivity index (χ4v) is 1.71. The van der Waals surface area contributed by atoms with Crippen LogP contribution in [0.4, 0.5) is 4.79 Å². The van der Waals surface area contributed by atoms with E-state index in [1.807, 2.05) is 26.8 Å². The molecule has 0 aliphatic rings. The molecule has 0 radical (unpaired) electrons. The normalized spacial score (nSPS) is 11.6. The molecule has 0 unspecified atom stereocenters. The number of ether oxygens (including phenoxy) is 1. The average molecular weight is 348 g/mol. The van der Waals surface area contributed by atoms with Crippen molar-refractivity contribution < 1.29 is 9.53 Å². The fraction of sp³-hybridized carbons (Fsp3) is 0.385. The van der Waals surface area contributed by atoms with Crippen LogP contribution in [-0.4, -0.2) is 23.2 Å². The summed E-state index contributed by atoms with van der Waals surface area (Å²) in [5.74, 6) is 0. The van der Waals surface area contributed by atoms with Gasteiger partial charge >= 0.3 is 6.09 Å². The first-order valence-corrected chi connectivity index (χ1v) is 6.89. The van der Waals surface area contributed by atoms with E-state index in [9.17, 15) is 4.79 Å². The topological polar surface area (TPSA) is 51.2 Å². The van der Waals surface area contributed by atoms with E-state index < -0.39 is 11.7 Å². The molecule has 1 aromatic heterocycles. The number of nitrogens with one attached hydrogen (secondary N) is 1. The van der Waals surface area contributed by atoms with Gasteiger partial charge in [-0.25, -0.2) is 9.78 Å². The molecular formula is C13H16BrClN2O2. The molecule has 6 heteroatoms. The quantitative estimate of drug-likeness (QED) is 0.840. The minimum atomic E-state index is -0.495. The molecule has 1 amide bonds. The molecule has 4 nitrogen and oxygen atoms in total. The second-order valence-electron chi connectivity index (χ2n) is 4.82. The number of rotatable bonds is 3. The highest BCUT2D eigenvalue weighted by Gasteiger charge is 2.14. The van der Waals surface area contributed by atoms with Gasteiger partial charge in [-0.05, 0) is 42.8 Å². The smallest absolute Gasteiger partial charge is 0.407 e. The van der Waals surface area contributed by atoms with Crippen molar-refractivity contribution >= 4 is 39.7 Å². The lowest BCUT2D eigenvalue weighted by atomic mass is 10.2. The van der Waals surface area contributed by atoms with Gasteiger partial charge in [0.1, 0.15) is 10.8 Å². The molecule has 0 saturated carbocycles. The average Bonchev–Trinajstić information content (AvgIpc) is 2.26. The van der Waals surface area contributed by atoms with Crippen molar-refractivity contribution in [1.29, 1.82) is 0 Å². The van der Waals surface area contributed by atoms with Crippen LogP contribution >= 0.6 is 27.5 Å². The third-order valence-corrected chi connectivity index (χ3v) is 2.64. The Bertz CT molecular complexity index is 484. The Hall–Kier alpha value is -1.07. The second-order valence-corrected chi connectivity index (χ2v) is 6.09. The van der Waals surface area contributed by atoms with Crippen LogP contribution in [0, 0.1) is 0 Å². The Morgan fingerprint density at radius 3 is 2.89 bits per heavy atom. The highest BCUT2D eigenvalue weighted by Crippen LogP contribution is 2.19. The lowest BCUT2D eigenvalue weighted by Crippen LogP contribution is -2.32. The zero-order valence-corrected chi connectivity index (χ0v) is 13.4. The summed E-state index contributed by atoms with van der Waals surface area (Å²) < 4.78 is 5.95. The predicted octanol–water partition coefficient (Wildman–Crippen LogP) is 4.04. The number of carbonyl (C=O) groups is 1. The molecule has 0 bridgehead atoms. The van der Waals surface area contributed by atoms with Crippen LogP contribution in [0.1, 0.15) is 26.3 Å². The number of amides is 1. The Labute approximate surface area is 126 Å². The number of halogens is 2. The number of hydrogen-bond donors (Lipinski definition) is 1. The molecule has 0 spiro atoms. The van der Waals surface area contributed by atoms with E-state index in [0.717, 1.165) is 10.0 Å². The molecule has 1 rings (SSSR count). The van der Waals surface area contributed by atoms with Gasteiger partial charge in [-0.15, -0.1) is 0 Å². The minimum absolute atomic E-state index is 0.359. The maximum Gasteiger partial charge on any atom is 0.407 e. The Kier molecular flexibility index (Phi) is 5.82. The zero-order chi connectivity index (χ0) is 14.5. The van der Waals surface area contributed by atoms with E-state index in [2.05, 4.69) is 26.2 Å². The van der Waals surface area contributed by atoms with Crippen LogP contribution in [0.2, 0.25) is 5.15 Å². The van der Waals surface area contributed by atoms with Crippen molar-refractivity contribution in [3.63, 3.8) is 0 Å². The van der Waals surface area contributed by atoms with E-state index >= 15 is 0 Å². The molecule has 1 N–H and O–H groups in total. The van der Waals surface area contributed by atoms with Gasteiger partial charge < -0.3 is 10.1 Å². The lowest BCUT2D eigenvalue weighted by molar-refractivity contribution is 0.0534. The van der Waals surface area contributed by atoms with Gasteiger partial charge in [0, 0.05) is 22.8 Å². The third-order valence-electron chi connectivity index (χ3n) is 1.89. The Morgan fingerprint density at radius 1 is 1.58 bits per heavy atom. The number of pyridine rings is 1. The Balaban J connectivity index is 2.47. The van der Waals surface area contributed by atoms with Crippen molar-refractivity contribution in [2.75, 3.05) is 6.54 Å². The van der Waals surface area contributed by atoms with Crippen molar-refractivity contribution in [1.82, 2.24) is 10.3 Å². The first-order chi connectivity index (χ1) is 8.78. The van der Waals surface area contributed by atoms with Gasteiger partial charge in [0.15, 0.2) is 0 Å². The van der Waals surface area contributed by atoms with Crippen LogP contribution < -0.4 is 5.32 Å². The van der Waals surface area contributed by atoms with Gasteiger partial charge in [0.2, 0.25) is 0 Å². The summed E-state index contributed by atoms with van der Waals surface area (Å²) in [7, 11) is 0. The van der Waals surface area contributed by atoms with E-state index in [1.54, 1.807) is 18.3 Å². The Morgan fingerprint density at radius 2 is 2.26 bits per heavy atom. The molecule has 1 heterocycles. The first kappa shape index (κ1) is 16.0. The predicted molar refractivity (Wildman–Crippen MR) is 80.2 cm³/mol. The SMILES string of the molecule is CC(C)(C)OC(=O)NCC=Cc1cc(Br)cnc1Cl. The van der Waals surface area contributed by atoms with Crippen LogP contribution in [0.3, 0.4) is 0 Å². The van der Waals surface area contributed by atoms with Gasteiger partial charge in [0.05, 0.1) is 0 Å². The molecule has 104 valence electrons. The number of aromatic nitrogens is 1. The van der Waals surface area contributed by atoms with Gasteiger partial charge in [0.25, 0.3) is 0 Å². The zero-order valence-electron chi connectivity index (χ0n) is 11.0. The van der Waals surface area contributed by atoms with E-state index in [1.165, 1.54) is 0 Å². The monoisotopic (exact) mass is 346 g/mol. The number of alkyl carbamates (subject to hydrolysis) is 1. The van der Waals surface area contributed by atoms with Crippen LogP contribution in [0.25, 0.3) is 6.08 Å². The molecule has 0 aliphatic carbocycles. The summed E-state index contributed by atoms with van der Waals surface area (Å²) in [6.07, 6.45) is 4.74. The summed E-state index contributed by atoms with van der Waals surface area (Å²) in [5, 5.41) is 3.03. The van der Waals surface area contributed by atoms with Crippen molar-refractivity contribution in [3.05, 3.63) is 33.5 Å². The summed E-state index contributed by atoms with van der Waals surface area (Å²) >= 11 is 9.25. The number of nitrogens with zero attached hydrogens (tertiary/aromatic N) is 1. The fourth-order valence-electron chi connectivity index (χ4n) is 1.20. The maximum absolute atomic E-state index is 11.4. The van der Waals surface area contributed by atoms with Gasteiger partial charge in [-0.1, -0.05) is 23.8 Å². The van der Waals surface area contributed by atoms with Gasteiger partial charge in [-0.2, -0.15) is 0 Å². The molecule has 0 fully saturated rings. The first-order valence-electron chi connectivity index (χ1n) is 5.72. The molecule has 0 atom stereocenters. The van der Waals surface area contributed by atoms with Crippen molar-refractivity contribution in [3.8, 4) is 0 Å². The standard InChI is InChI=1S/C13H16BrClN2O2/c1-13(2,3)19-12(18)16-6-4-5-9-7-10(14)8-17-11(9)15/h4-5,7-8H,6H2,1-3H3,(H,16,18). The molecular weight excluding hydrogens is 332 g/mol. The molecule has 0 aromatic carbocycles. The van der Waals surface area contributed by atoms with E-state index in [4.69, 9.17) is 16.3 Å². The summed E-state index contributed by atoms with van der Waals surface area (Å²) in [6.45, 7) is 5.80. The highest BCUT2D eigenvalue weighted by atomic mass is 79.9. The van der Waals surface area contributed by atoms with Crippen LogP contribution in [0.5, 0.6) is 0 Å². The second kappa shape index (κ2) is 6.91. The minimum Gasteiger partial charge on any atom is -0.444 e. The largest absolute Gasteiger partial charge is 0.444 e. The van der Waals surface area contributed by atoms with Crippen LogP contribution in [-0.2, 0) is 4.74 Å². The number of hydrogen-bond acceptors (Lipinski definition) is 3. The van der Waals surface area contributed by atoms with Crippen LogP contribution in [0.15, 0.2) is 22.8 Å². The summed E-state index contributed by atoms with van der Waals surface area (Å²) in [5.41, 5.74) is 0.285. The van der Waals surface area contributed by atoms with Gasteiger partial charge in [-0.3, -0.25) is 0 Å². The maximum atomic E-state index is 11.4. The summed E-state index contributed by atoms with van der Waals surface area (Å²) in [4.78, 5) is 15.4. The third kappa shape index (κ3) is 6.59. The van der Waals surface area contributed by atoms with E-state index in [0.29, 0.717) is 11.7 Å². The number of carbonyl (C=O) groups excluding carboxylic acids is 1.